The number of hydrogen-bond donors (Lipinski definition) is 1. The van der Waals surface area contributed by atoms with Crippen molar-refractivity contribution in [2.24, 2.45) is 0 Å². The third-order valence-electron chi connectivity index (χ3n) is 3.26. The first-order valence-corrected chi connectivity index (χ1v) is 8.68. The summed E-state index contributed by atoms with van der Waals surface area (Å²) >= 11 is 5.71. The maximum absolute atomic E-state index is 12.5. The van der Waals surface area contributed by atoms with Crippen molar-refractivity contribution < 1.29 is 17.8 Å². The van der Waals surface area contributed by atoms with E-state index in [1.54, 1.807) is 24.3 Å². The summed E-state index contributed by atoms with van der Waals surface area (Å²) in [6.07, 6.45) is 2.76. The molecule has 8 nitrogen and oxygen atoms in total. The summed E-state index contributed by atoms with van der Waals surface area (Å²) in [5, 5.41) is 10.8. The molecule has 1 aromatic heterocycles. The van der Waals surface area contributed by atoms with E-state index in [0.717, 1.165) is 6.07 Å². The van der Waals surface area contributed by atoms with Gasteiger partial charge in [-0.05, 0) is 24.3 Å². The van der Waals surface area contributed by atoms with Gasteiger partial charge >= 0.3 is 0 Å². The van der Waals surface area contributed by atoms with E-state index in [2.05, 4.69) is 9.71 Å². The van der Waals surface area contributed by atoms with Gasteiger partial charge in [-0.25, -0.2) is 13.4 Å². The van der Waals surface area contributed by atoms with Crippen LogP contribution in [0.5, 0.6) is 0 Å². The molecular formula is C15H10ClN3O5S. The maximum atomic E-state index is 12.5. The highest BCUT2D eigenvalue weighted by Crippen LogP contribution is 2.29. The summed E-state index contributed by atoms with van der Waals surface area (Å²) in [6, 6.07) is 9.73. The molecule has 0 spiro atoms. The largest absolute Gasteiger partial charge is 0.444 e. The number of sulfonamides is 1. The normalized spacial score (nSPS) is 11.2. The Kier molecular flexibility index (Phi) is 4.43. The SMILES string of the molecule is O=[N+]([O-])c1cc(S(=O)(=O)Nc2cccc(-c3cnco3)c2)ccc1Cl. The molecule has 0 aliphatic rings. The molecular weight excluding hydrogens is 370 g/mol. The molecule has 10 heteroatoms. The molecule has 1 N–H and O–H groups in total. The van der Waals surface area contributed by atoms with Crippen LogP contribution < -0.4 is 4.72 Å². The topological polar surface area (TPSA) is 115 Å². The Morgan fingerprint density at radius 3 is 2.68 bits per heavy atom. The van der Waals surface area contributed by atoms with Crippen LogP contribution in [-0.2, 0) is 10.0 Å². The molecule has 0 radical (unpaired) electrons. The third kappa shape index (κ3) is 3.62. The number of oxazole rings is 1. The van der Waals surface area contributed by atoms with E-state index in [1.807, 2.05) is 0 Å². The molecule has 3 rings (SSSR count). The van der Waals surface area contributed by atoms with Gasteiger partial charge in [0.05, 0.1) is 16.0 Å². The first-order valence-electron chi connectivity index (χ1n) is 6.82. The summed E-state index contributed by atoms with van der Waals surface area (Å²) in [6.45, 7) is 0. The van der Waals surface area contributed by atoms with Crippen LogP contribution in [0.15, 0.2) is 64.4 Å². The number of benzene rings is 2. The van der Waals surface area contributed by atoms with Crippen molar-refractivity contribution in [1.29, 1.82) is 0 Å². The second-order valence-corrected chi connectivity index (χ2v) is 7.01. The third-order valence-corrected chi connectivity index (χ3v) is 4.95. The molecule has 0 aliphatic carbocycles. The van der Waals surface area contributed by atoms with Gasteiger partial charge in [0, 0.05) is 17.3 Å². The second-order valence-electron chi connectivity index (χ2n) is 4.92. The lowest BCUT2D eigenvalue weighted by Crippen LogP contribution is -2.13. The van der Waals surface area contributed by atoms with Gasteiger partial charge < -0.3 is 4.42 Å². The van der Waals surface area contributed by atoms with Gasteiger partial charge in [0.2, 0.25) is 0 Å². The van der Waals surface area contributed by atoms with E-state index in [9.17, 15) is 18.5 Å². The Balaban J connectivity index is 1.93. The summed E-state index contributed by atoms with van der Waals surface area (Å²) < 4.78 is 32.5. The molecule has 0 saturated heterocycles. The number of rotatable bonds is 5. The molecule has 25 heavy (non-hydrogen) atoms. The molecule has 0 atom stereocenters. The smallest absolute Gasteiger partial charge is 0.289 e. The first-order chi connectivity index (χ1) is 11.9. The quantitative estimate of drug-likeness (QED) is 0.533. The lowest BCUT2D eigenvalue weighted by atomic mass is 10.2. The number of aromatic nitrogens is 1. The van der Waals surface area contributed by atoms with Crippen LogP contribution in [0.3, 0.4) is 0 Å². The number of nitrogens with one attached hydrogen (secondary N) is 1. The van der Waals surface area contributed by atoms with Crippen LogP contribution in [-0.4, -0.2) is 18.3 Å². The van der Waals surface area contributed by atoms with Crippen LogP contribution in [0.2, 0.25) is 5.02 Å². The molecule has 0 unspecified atom stereocenters. The fourth-order valence-electron chi connectivity index (χ4n) is 2.11. The summed E-state index contributed by atoms with van der Waals surface area (Å²) in [5.41, 5.74) is 0.409. The zero-order chi connectivity index (χ0) is 18.0. The molecule has 0 saturated carbocycles. The predicted molar refractivity (Wildman–Crippen MR) is 90.9 cm³/mol. The fraction of sp³-hybridized carbons (Fsp3) is 0. The lowest BCUT2D eigenvalue weighted by molar-refractivity contribution is -0.384. The van der Waals surface area contributed by atoms with Crippen molar-refractivity contribution in [3.63, 3.8) is 0 Å². The van der Waals surface area contributed by atoms with E-state index >= 15 is 0 Å². The average molecular weight is 380 g/mol. The van der Waals surface area contributed by atoms with Crippen molar-refractivity contribution in [2.45, 2.75) is 4.90 Å². The van der Waals surface area contributed by atoms with Crippen LogP contribution in [0.4, 0.5) is 11.4 Å². The fourth-order valence-corrected chi connectivity index (χ4v) is 3.36. The summed E-state index contributed by atoms with van der Waals surface area (Å²) in [7, 11) is -4.03. The van der Waals surface area contributed by atoms with Crippen molar-refractivity contribution >= 4 is 33.0 Å². The number of halogens is 1. The van der Waals surface area contributed by atoms with E-state index in [0.29, 0.717) is 11.3 Å². The molecule has 3 aromatic rings. The Labute approximate surface area is 147 Å². The van der Waals surface area contributed by atoms with Crippen LogP contribution in [0.1, 0.15) is 0 Å². The Hall–Kier alpha value is -2.91. The second kappa shape index (κ2) is 6.54. The number of nitro benzene ring substituents is 1. The summed E-state index contributed by atoms with van der Waals surface area (Å²) in [5.74, 6) is 0.475. The van der Waals surface area contributed by atoms with E-state index in [1.165, 1.54) is 24.7 Å². The Morgan fingerprint density at radius 2 is 2.00 bits per heavy atom. The standard InChI is InChI=1S/C15H10ClN3O5S/c16-13-5-4-12(7-14(13)19(20)21)25(22,23)18-11-3-1-2-10(6-11)15-8-17-9-24-15/h1-9,18H. The predicted octanol–water partition coefficient (Wildman–Crippen LogP) is 3.70. The highest BCUT2D eigenvalue weighted by Gasteiger charge is 2.21. The average Bonchev–Trinajstić information content (AvgIpc) is 3.09. The first kappa shape index (κ1) is 16.9. The van der Waals surface area contributed by atoms with Crippen molar-refractivity contribution in [1.82, 2.24) is 4.98 Å². The minimum absolute atomic E-state index is 0.142. The number of nitro groups is 1. The molecule has 128 valence electrons. The minimum Gasteiger partial charge on any atom is -0.444 e. The van der Waals surface area contributed by atoms with Crippen molar-refractivity contribution in [2.75, 3.05) is 4.72 Å². The van der Waals surface area contributed by atoms with Gasteiger partial charge in [-0.3, -0.25) is 14.8 Å². The maximum Gasteiger partial charge on any atom is 0.289 e. The van der Waals surface area contributed by atoms with E-state index in [4.69, 9.17) is 16.0 Å². The Bertz CT molecular complexity index is 1040. The monoisotopic (exact) mass is 379 g/mol. The van der Waals surface area contributed by atoms with E-state index < -0.39 is 20.6 Å². The minimum atomic E-state index is -4.03. The molecule has 2 aromatic carbocycles. The van der Waals surface area contributed by atoms with Crippen molar-refractivity contribution in [3.8, 4) is 11.3 Å². The van der Waals surface area contributed by atoms with Gasteiger partial charge in [0.15, 0.2) is 12.2 Å². The van der Waals surface area contributed by atoms with Crippen LogP contribution in [0, 0.1) is 10.1 Å². The molecule has 0 amide bonds. The highest BCUT2D eigenvalue weighted by molar-refractivity contribution is 7.92. The van der Waals surface area contributed by atoms with Crippen LogP contribution in [0.25, 0.3) is 11.3 Å². The molecule has 0 bridgehead atoms. The van der Waals surface area contributed by atoms with Crippen molar-refractivity contribution in [3.05, 3.63) is 70.2 Å². The van der Waals surface area contributed by atoms with Gasteiger partial charge in [0.1, 0.15) is 5.02 Å². The zero-order valence-corrected chi connectivity index (χ0v) is 14.0. The number of anilines is 1. The number of hydrogen-bond acceptors (Lipinski definition) is 6. The molecule has 0 fully saturated rings. The zero-order valence-electron chi connectivity index (χ0n) is 12.4. The lowest BCUT2D eigenvalue weighted by Gasteiger charge is -2.09. The van der Waals surface area contributed by atoms with Gasteiger partial charge in [0.25, 0.3) is 15.7 Å². The molecule has 0 aliphatic heterocycles. The highest BCUT2D eigenvalue weighted by atomic mass is 35.5. The summed E-state index contributed by atoms with van der Waals surface area (Å²) in [4.78, 5) is 13.7. The van der Waals surface area contributed by atoms with E-state index in [-0.39, 0.29) is 15.6 Å². The van der Waals surface area contributed by atoms with Gasteiger partial charge in [-0.2, -0.15) is 0 Å². The molecule has 1 heterocycles. The Morgan fingerprint density at radius 1 is 1.20 bits per heavy atom. The number of nitrogens with zero attached hydrogens (tertiary/aromatic N) is 2. The van der Waals surface area contributed by atoms with Gasteiger partial charge in [-0.15, -0.1) is 0 Å². The van der Waals surface area contributed by atoms with Gasteiger partial charge in [-0.1, -0.05) is 23.7 Å². The van der Waals surface area contributed by atoms with Crippen LogP contribution >= 0.6 is 11.6 Å².